The third kappa shape index (κ3) is 5.19. The minimum absolute atomic E-state index is 0. The van der Waals surface area contributed by atoms with Gasteiger partial charge in [-0.1, -0.05) is 68.0 Å². The van der Waals surface area contributed by atoms with Crippen molar-refractivity contribution in [2.24, 2.45) is 75.9 Å². The van der Waals surface area contributed by atoms with Gasteiger partial charge >= 0.3 is 26.2 Å². The minimum Gasteiger partial charge on any atom is -1.00 e. The molecule has 12 bridgehead atoms. The molecule has 0 nitrogen and oxygen atoms in total. The zero-order valence-corrected chi connectivity index (χ0v) is 38.9. The summed E-state index contributed by atoms with van der Waals surface area (Å²) < 4.78 is 0. The number of hydrogen-bond acceptors (Lipinski definition) is 0. The van der Waals surface area contributed by atoms with Crippen molar-refractivity contribution < 1.29 is 51.0 Å². The van der Waals surface area contributed by atoms with Crippen LogP contribution in [0.3, 0.4) is 0 Å². The molecule has 0 spiro atoms. The second kappa shape index (κ2) is 13.2. The van der Waals surface area contributed by atoms with Crippen LogP contribution in [0.2, 0.25) is 0 Å². The standard InChI is InChI=1S/C54H66.2ClH.Zr/c1-31(2)54(48-5-3-4-41(48)19-49(54)53-28-38-16-39(29-53)18-40(17-38)30-53)50-44-8-6-42(51-22-32-10-33(23-51)12-34(11-32)24-51)20-46(44)47-21-43(7-9-45(47)50)52-25-35-13-36(26-52)15-37(14-35)27-52;;;/h3,5-9,20-21,31-40,49-50H,4,10-19,22-30H2,1-2H3;2*1H;/q;;;+2/p-2/t32?,33?,34?,35?,36?,37?,38?,39?,40?,49?,50?,51?,52?,53?,54-;;;/m0.../s1. The first-order valence-corrected chi connectivity index (χ1v) is 24.0. The predicted octanol–water partition coefficient (Wildman–Crippen LogP) is 7.88. The molecule has 2 atom stereocenters. The number of halogens is 2. The molecule has 0 N–H and O–H groups in total. The van der Waals surface area contributed by atoms with E-state index in [0.29, 0.717) is 28.1 Å². The van der Waals surface area contributed by atoms with E-state index in [1.807, 2.05) is 11.1 Å². The van der Waals surface area contributed by atoms with Crippen molar-refractivity contribution in [1.29, 1.82) is 0 Å². The smallest absolute Gasteiger partial charge is 1.00 e. The Labute approximate surface area is 376 Å². The molecule has 3 heteroatoms. The molecule has 0 radical (unpaired) electrons. The van der Waals surface area contributed by atoms with Gasteiger partial charge in [0.25, 0.3) is 0 Å². The molecule has 0 heterocycles. The molecule has 0 aromatic heterocycles. The van der Waals surface area contributed by atoms with Crippen LogP contribution in [0.25, 0.3) is 11.1 Å². The molecule has 17 rings (SSSR count). The fraction of sp³-hybridized carbons (Fsp3) is 0.704. The Morgan fingerprint density at radius 2 is 0.912 bits per heavy atom. The molecular weight excluding hydrogens is 811 g/mol. The first kappa shape index (κ1) is 39.2. The van der Waals surface area contributed by atoms with Crippen molar-refractivity contribution in [2.75, 3.05) is 0 Å². The summed E-state index contributed by atoms with van der Waals surface area (Å²) in [5.41, 5.74) is 15.8. The largest absolute Gasteiger partial charge is 2.00 e. The summed E-state index contributed by atoms with van der Waals surface area (Å²) in [5, 5.41) is 0. The Morgan fingerprint density at radius 3 is 1.30 bits per heavy atom. The summed E-state index contributed by atoms with van der Waals surface area (Å²) in [6, 6.07) is 16.9. The molecule has 57 heavy (non-hydrogen) atoms. The minimum atomic E-state index is 0. The molecule has 12 saturated carbocycles. The van der Waals surface area contributed by atoms with E-state index in [9.17, 15) is 0 Å². The van der Waals surface area contributed by atoms with Crippen LogP contribution in [0, 0.1) is 75.9 Å². The third-order valence-corrected chi connectivity index (χ3v) is 21.1. The summed E-state index contributed by atoms with van der Waals surface area (Å²) in [6.45, 7) is 5.39. The predicted molar refractivity (Wildman–Crippen MR) is 220 cm³/mol. The van der Waals surface area contributed by atoms with E-state index in [1.54, 1.807) is 71.9 Å². The maximum Gasteiger partial charge on any atom is 2.00 e. The normalized spacial score (nSPS) is 47.9. The first-order chi connectivity index (χ1) is 26.3. The van der Waals surface area contributed by atoms with Crippen molar-refractivity contribution in [3.05, 3.63) is 82.0 Å². The van der Waals surface area contributed by atoms with Gasteiger partial charge in [0.1, 0.15) is 0 Å². The van der Waals surface area contributed by atoms with Gasteiger partial charge in [0.2, 0.25) is 0 Å². The van der Waals surface area contributed by atoms with Crippen LogP contribution in [0.15, 0.2) is 59.7 Å². The third-order valence-electron chi connectivity index (χ3n) is 21.1. The van der Waals surface area contributed by atoms with Gasteiger partial charge in [0, 0.05) is 11.3 Å². The average molecular weight is 877 g/mol. The number of rotatable bonds is 5. The van der Waals surface area contributed by atoms with Gasteiger partial charge in [-0.2, -0.15) is 0 Å². The fourth-order valence-corrected chi connectivity index (χ4v) is 20.9. The molecule has 2 aromatic carbocycles. The number of hydrogen-bond donors (Lipinski definition) is 0. The van der Waals surface area contributed by atoms with Crippen LogP contribution in [0.4, 0.5) is 0 Å². The molecule has 15 aliphatic rings. The van der Waals surface area contributed by atoms with Gasteiger partial charge in [-0.3, -0.25) is 0 Å². The molecule has 15 aliphatic carbocycles. The van der Waals surface area contributed by atoms with E-state index in [2.05, 4.69) is 62.4 Å². The van der Waals surface area contributed by atoms with Crippen LogP contribution >= 0.6 is 0 Å². The zero-order chi connectivity index (χ0) is 35.3. The number of benzene rings is 2. The zero-order valence-electron chi connectivity index (χ0n) is 34.9. The topological polar surface area (TPSA) is 0 Å². The fourth-order valence-electron chi connectivity index (χ4n) is 20.9. The Balaban J connectivity index is 0.00000125. The van der Waals surface area contributed by atoms with E-state index in [0.717, 1.165) is 59.2 Å². The molecule has 12 fully saturated rings. The van der Waals surface area contributed by atoms with Crippen LogP contribution in [-0.2, 0) is 37.0 Å². The SMILES string of the molecule is CC(C)[C@]1(C2c3ccc(C45CC6CC(CC(C6)C4)C5)cc3-c3cc(C45CC6CC(CC(C6)C4)C5)ccc32)C2=C(CC=C2)CC1C12CC3CC(CC(C3)C1)C2.[Cl-].[Cl-].[Zr+2]. The van der Waals surface area contributed by atoms with Gasteiger partial charge in [-0.25, -0.2) is 0 Å². The van der Waals surface area contributed by atoms with Gasteiger partial charge < -0.3 is 24.8 Å². The molecule has 1 unspecified atom stereocenters. The van der Waals surface area contributed by atoms with E-state index < -0.39 is 0 Å². The molecule has 300 valence electrons. The molecule has 2 aromatic rings. The van der Waals surface area contributed by atoms with Crippen molar-refractivity contribution in [1.82, 2.24) is 0 Å². The quantitative estimate of drug-likeness (QED) is 0.287. The van der Waals surface area contributed by atoms with Crippen molar-refractivity contribution in [2.45, 2.75) is 159 Å². The summed E-state index contributed by atoms with van der Waals surface area (Å²) in [4.78, 5) is 0. The van der Waals surface area contributed by atoms with Gasteiger partial charge in [-0.15, -0.1) is 0 Å². The summed E-state index contributed by atoms with van der Waals surface area (Å²) in [6.07, 6.45) is 35.3. The van der Waals surface area contributed by atoms with Crippen LogP contribution in [0.5, 0.6) is 0 Å². The van der Waals surface area contributed by atoms with Gasteiger partial charge in [0.05, 0.1) is 0 Å². The summed E-state index contributed by atoms with van der Waals surface area (Å²) in [5.74, 6) is 10.9. The molecule has 0 saturated heterocycles. The summed E-state index contributed by atoms with van der Waals surface area (Å²) in [7, 11) is 0. The Bertz CT molecular complexity index is 1850. The number of allylic oxidation sites excluding steroid dienone is 4. The van der Waals surface area contributed by atoms with E-state index >= 15 is 0 Å². The summed E-state index contributed by atoms with van der Waals surface area (Å²) >= 11 is 0. The van der Waals surface area contributed by atoms with Crippen molar-refractivity contribution in [3.8, 4) is 11.1 Å². The second-order valence-electron chi connectivity index (χ2n) is 24.2. The van der Waals surface area contributed by atoms with E-state index in [-0.39, 0.29) is 56.4 Å². The van der Waals surface area contributed by atoms with Crippen LogP contribution < -0.4 is 24.8 Å². The van der Waals surface area contributed by atoms with E-state index in [4.69, 9.17) is 0 Å². The maximum absolute atomic E-state index is 2.90. The number of fused-ring (bicyclic) bond motifs is 3. The van der Waals surface area contributed by atoms with Gasteiger partial charge in [-0.05, 0) is 249 Å². The molecule has 0 amide bonds. The van der Waals surface area contributed by atoms with Gasteiger partial charge in [0.15, 0.2) is 0 Å². The van der Waals surface area contributed by atoms with Crippen LogP contribution in [-0.4, -0.2) is 0 Å². The van der Waals surface area contributed by atoms with Crippen molar-refractivity contribution in [3.63, 3.8) is 0 Å². The first-order valence-electron chi connectivity index (χ1n) is 24.0. The molecule has 0 aliphatic heterocycles. The Morgan fingerprint density at radius 1 is 0.526 bits per heavy atom. The van der Waals surface area contributed by atoms with Crippen molar-refractivity contribution >= 4 is 0 Å². The average Bonchev–Trinajstić information content (AvgIpc) is 3.81. The maximum atomic E-state index is 2.90. The molecular formula is C54H66Cl2Zr. The Hall–Kier alpha value is -0.617. The second-order valence-corrected chi connectivity index (χ2v) is 24.2. The monoisotopic (exact) mass is 874 g/mol. The van der Waals surface area contributed by atoms with E-state index in [1.165, 1.54) is 89.9 Å². The van der Waals surface area contributed by atoms with Crippen LogP contribution in [0.1, 0.15) is 170 Å². The Kier molecular flexibility index (Phi) is 9.09.